The molecule has 2 heterocycles. The fourth-order valence-electron chi connectivity index (χ4n) is 5.29. The second-order valence-electron chi connectivity index (χ2n) is 12.0. The molecule has 14 heteroatoms. The van der Waals surface area contributed by atoms with E-state index in [9.17, 15) is 22.8 Å². The zero-order chi connectivity index (χ0) is 32.7. The van der Waals surface area contributed by atoms with Crippen LogP contribution in [0.25, 0.3) is 0 Å². The number of amides is 3. The third-order valence-electron chi connectivity index (χ3n) is 8.23. The average Bonchev–Trinajstić information content (AvgIpc) is 3.74. The summed E-state index contributed by atoms with van der Waals surface area (Å²) in [4.78, 5) is 39.9. The Hall–Kier alpha value is -3.59. The number of anilines is 1. The largest absolute Gasteiger partial charge is 0.379 e. The Balaban J connectivity index is 1.36. The Bertz CT molecular complexity index is 1550. The van der Waals surface area contributed by atoms with Crippen LogP contribution in [0.2, 0.25) is 0 Å². The van der Waals surface area contributed by atoms with Gasteiger partial charge in [0.1, 0.15) is 0 Å². The third kappa shape index (κ3) is 9.24. The fourth-order valence-corrected chi connectivity index (χ4v) is 7.33. The van der Waals surface area contributed by atoms with Gasteiger partial charge in [-0.1, -0.05) is 30.3 Å². The molecule has 0 aromatic heterocycles. The van der Waals surface area contributed by atoms with E-state index in [4.69, 9.17) is 0 Å². The van der Waals surface area contributed by atoms with Gasteiger partial charge in [0.25, 0.3) is 11.8 Å². The predicted octanol–water partition coefficient (Wildman–Crippen LogP) is 2.35. The molecule has 0 bridgehead atoms. The fraction of sp³-hybridized carbons (Fsp3) is 0.469. The Labute approximate surface area is 275 Å². The quantitative estimate of drug-likeness (QED) is 0.179. The molecule has 2 aromatic carbocycles. The topological polar surface area (TPSA) is 161 Å². The maximum Gasteiger partial charge on any atom is 0.301 e. The second-order valence-corrected chi connectivity index (χ2v) is 14.6. The van der Waals surface area contributed by atoms with Gasteiger partial charge >= 0.3 is 10.2 Å². The normalized spacial score (nSPS) is 19.3. The van der Waals surface area contributed by atoms with Crippen LogP contribution in [0.4, 0.5) is 5.69 Å². The molecule has 248 valence electrons. The lowest BCUT2D eigenvalue weighted by Gasteiger charge is -2.29. The number of nitrogens with zero attached hydrogens (tertiary/aromatic N) is 1. The van der Waals surface area contributed by atoms with Gasteiger partial charge in [0, 0.05) is 55.5 Å². The summed E-state index contributed by atoms with van der Waals surface area (Å²) < 4.78 is 29.6. The van der Waals surface area contributed by atoms with Gasteiger partial charge in [0.05, 0.1) is 23.6 Å². The van der Waals surface area contributed by atoms with Gasteiger partial charge < -0.3 is 26.6 Å². The van der Waals surface area contributed by atoms with E-state index >= 15 is 0 Å². The maximum absolute atomic E-state index is 13.8. The Morgan fingerprint density at radius 2 is 1.74 bits per heavy atom. The SMILES string of the molecule is C[C@H](NC[C@H](CC1=CSCN1)NC(=O)c1cc(C(=O)N[C@H](C)c2ccccc2)cc(N2CCCNS2(=O)=O)c1)C(=O)NCC1CC1. The monoisotopic (exact) mass is 669 g/mol. The van der Waals surface area contributed by atoms with Crippen molar-refractivity contribution in [1.82, 2.24) is 31.3 Å². The number of rotatable bonds is 14. The zero-order valence-corrected chi connectivity index (χ0v) is 27.8. The predicted molar refractivity (Wildman–Crippen MR) is 180 cm³/mol. The zero-order valence-electron chi connectivity index (χ0n) is 26.2. The van der Waals surface area contributed by atoms with Crippen molar-refractivity contribution in [2.24, 2.45) is 5.92 Å². The van der Waals surface area contributed by atoms with Crippen molar-refractivity contribution >= 4 is 45.4 Å². The van der Waals surface area contributed by atoms with Gasteiger partial charge in [0.15, 0.2) is 0 Å². The summed E-state index contributed by atoms with van der Waals surface area (Å²) in [5.74, 6) is 0.328. The molecule has 1 saturated heterocycles. The van der Waals surface area contributed by atoms with Crippen molar-refractivity contribution in [3.05, 3.63) is 76.3 Å². The van der Waals surface area contributed by atoms with Crippen LogP contribution in [0, 0.1) is 5.92 Å². The molecule has 5 rings (SSSR count). The summed E-state index contributed by atoms with van der Waals surface area (Å²) in [5.41, 5.74) is 2.42. The molecule has 3 atom stereocenters. The highest BCUT2D eigenvalue weighted by Gasteiger charge is 2.29. The van der Waals surface area contributed by atoms with Gasteiger partial charge in [-0.3, -0.25) is 18.7 Å². The first kappa shape index (κ1) is 33.8. The van der Waals surface area contributed by atoms with E-state index in [1.165, 1.54) is 22.5 Å². The molecule has 1 aliphatic carbocycles. The highest BCUT2D eigenvalue weighted by atomic mass is 32.2. The van der Waals surface area contributed by atoms with Crippen molar-refractivity contribution < 1.29 is 22.8 Å². The number of benzene rings is 2. The van der Waals surface area contributed by atoms with E-state index in [2.05, 4.69) is 31.3 Å². The summed E-state index contributed by atoms with van der Waals surface area (Å²) in [5, 5.41) is 17.6. The van der Waals surface area contributed by atoms with Crippen molar-refractivity contribution in [3.63, 3.8) is 0 Å². The first-order valence-electron chi connectivity index (χ1n) is 15.7. The molecule has 46 heavy (non-hydrogen) atoms. The molecule has 12 nitrogen and oxygen atoms in total. The van der Waals surface area contributed by atoms with Crippen LogP contribution in [-0.4, -0.2) is 70.3 Å². The smallest absolute Gasteiger partial charge is 0.301 e. The number of nitrogens with one attached hydrogen (secondary N) is 6. The lowest BCUT2D eigenvalue weighted by atomic mass is 10.0. The van der Waals surface area contributed by atoms with E-state index in [1.54, 1.807) is 18.7 Å². The Kier molecular flexibility index (Phi) is 11.3. The Morgan fingerprint density at radius 1 is 1.02 bits per heavy atom. The van der Waals surface area contributed by atoms with Gasteiger partial charge in [-0.05, 0) is 68.2 Å². The summed E-state index contributed by atoms with van der Waals surface area (Å²) in [6.45, 7) is 5.18. The summed E-state index contributed by atoms with van der Waals surface area (Å²) in [7, 11) is -3.85. The van der Waals surface area contributed by atoms with Crippen molar-refractivity contribution in [2.45, 2.75) is 57.7 Å². The van der Waals surface area contributed by atoms with Crippen LogP contribution >= 0.6 is 11.8 Å². The van der Waals surface area contributed by atoms with Gasteiger partial charge in [-0.2, -0.15) is 13.1 Å². The standard InChI is InChI=1S/C32H43N7O5S2/c1-21(24-7-4-3-5-8-24)37-31(41)25-13-26(15-29(14-25)39-12-6-11-36-46(39,43)44)32(42)38-27(16-28-19-45-20-35-28)18-33-22(2)30(40)34-17-23-9-10-23/h3-5,7-8,13-15,19,21-23,27,33,35-36H,6,9-12,16-18,20H2,1-2H3,(H,34,40)(H,37,41)(H,38,42)/t21-,22+,27+/m1/s1. The van der Waals surface area contributed by atoms with Crippen LogP contribution in [0.3, 0.4) is 0 Å². The molecule has 2 aliphatic heterocycles. The highest BCUT2D eigenvalue weighted by molar-refractivity contribution is 8.02. The average molecular weight is 670 g/mol. The van der Waals surface area contributed by atoms with Crippen LogP contribution in [-0.2, 0) is 15.0 Å². The minimum Gasteiger partial charge on any atom is -0.379 e. The molecule has 2 aromatic rings. The molecule has 3 aliphatic rings. The summed E-state index contributed by atoms with van der Waals surface area (Å²) in [6, 6.07) is 12.8. The highest BCUT2D eigenvalue weighted by Crippen LogP contribution is 2.28. The molecule has 3 amide bonds. The minimum atomic E-state index is -3.85. The maximum atomic E-state index is 13.8. The molecule has 0 unspecified atom stereocenters. The van der Waals surface area contributed by atoms with E-state index in [1.807, 2.05) is 42.7 Å². The first-order valence-corrected chi connectivity index (χ1v) is 18.2. The molecular formula is C32H43N7O5S2. The van der Waals surface area contributed by atoms with Crippen molar-refractivity contribution in [3.8, 4) is 0 Å². The van der Waals surface area contributed by atoms with Crippen LogP contribution in [0.15, 0.2) is 59.6 Å². The number of carbonyl (C=O) groups is 3. The molecule has 1 saturated carbocycles. The van der Waals surface area contributed by atoms with E-state index in [0.29, 0.717) is 38.4 Å². The van der Waals surface area contributed by atoms with E-state index in [-0.39, 0.29) is 35.3 Å². The van der Waals surface area contributed by atoms with Crippen LogP contribution in [0.5, 0.6) is 0 Å². The second kappa shape index (κ2) is 15.3. The molecular weight excluding hydrogens is 627 g/mol. The van der Waals surface area contributed by atoms with Crippen molar-refractivity contribution in [2.75, 3.05) is 36.4 Å². The minimum absolute atomic E-state index is 0.0878. The lowest BCUT2D eigenvalue weighted by Crippen LogP contribution is -2.49. The van der Waals surface area contributed by atoms with E-state index in [0.717, 1.165) is 30.0 Å². The molecule has 0 radical (unpaired) electrons. The molecule has 2 fully saturated rings. The summed E-state index contributed by atoms with van der Waals surface area (Å²) in [6.07, 6.45) is 3.36. The van der Waals surface area contributed by atoms with Crippen LogP contribution < -0.4 is 35.6 Å². The summed E-state index contributed by atoms with van der Waals surface area (Å²) >= 11 is 1.63. The van der Waals surface area contributed by atoms with Gasteiger partial charge in [0.2, 0.25) is 5.91 Å². The van der Waals surface area contributed by atoms with Gasteiger partial charge in [-0.25, -0.2) is 0 Å². The van der Waals surface area contributed by atoms with Crippen LogP contribution in [0.1, 0.15) is 71.9 Å². The Morgan fingerprint density at radius 3 is 2.39 bits per heavy atom. The van der Waals surface area contributed by atoms with Crippen molar-refractivity contribution in [1.29, 1.82) is 0 Å². The molecule has 6 N–H and O–H groups in total. The third-order valence-corrected chi connectivity index (χ3v) is 10.5. The van der Waals surface area contributed by atoms with Gasteiger partial charge in [-0.15, -0.1) is 11.8 Å². The number of hydrogen-bond acceptors (Lipinski definition) is 8. The van der Waals surface area contributed by atoms with E-state index < -0.39 is 34.1 Å². The number of hydrogen-bond donors (Lipinski definition) is 6. The molecule has 0 spiro atoms. The first-order chi connectivity index (χ1) is 22.1. The number of carbonyl (C=O) groups excluding carboxylic acids is 3. The lowest BCUT2D eigenvalue weighted by molar-refractivity contribution is -0.122. The number of thioether (sulfide) groups is 1.